The van der Waals surface area contributed by atoms with Crippen molar-refractivity contribution in [1.82, 2.24) is 4.98 Å². The summed E-state index contributed by atoms with van der Waals surface area (Å²) in [5, 5.41) is 0. The number of anilines is 1. The van der Waals surface area contributed by atoms with Crippen LogP contribution in [0, 0.1) is 0 Å². The van der Waals surface area contributed by atoms with Gasteiger partial charge in [0.2, 0.25) is 0 Å². The molecule has 1 saturated heterocycles. The minimum Gasteiger partial charge on any atom is -0.376 e. The average molecular weight is 249 g/mol. The fourth-order valence-corrected chi connectivity index (χ4v) is 2.23. The molecule has 1 unspecified atom stereocenters. The fraction of sp³-hybridized carbons (Fsp3) is 0.643. The van der Waals surface area contributed by atoms with E-state index in [-0.39, 0.29) is 6.04 Å². The van der Waals surface area contributed by atoms with Crippen molar-refractivity contribution >= 4 is 5.69 Å². The summed E-state index contributed by atoms with van der Waals surface area (Å²) in [6.45, 7) is 6.98. The van der Waals surface area contributed by atoms with E-state index in [1.165, 1.54) is 5.69 Å². The summed E-state index contributed by atoms with van der Waals surface area (Å²) in [5.41, 5.74) is 7.93. The summed E-state index contributed by atoms with van der Waals surface area (Å²) < 4.78 is 5.78. The number of hydrogen-bond acceptors (Lipinski definition) is 4. The Morgan fingerprint density at radius 3 is 3.00 bits per heavy atom. The van der Waals surface area contributed by atoms with Gasteiger partial charge in [-0.05, 0) is 31.9 Å². The highest BCUT2D eigenvalue weighted by molar-refractivity contribution is 5.45. The fourth-order valence-electron chi connectivity index (χ4n) is 2.23. The van der Waals surface area contributed by atoms with Gasteiger partial charge >= 0.3 is 0 Å². The molecule has 0 spiro atoms. The SMILES string of the molecule is CCC1CN(c2ccc([C@@H](C)N)nc2)CCCO1. The third kappa shape index (κ3) is 3.21. The quantitative estimate of drug-likeness (QED) is 0.891. The normalized spacial score (nSPS) is 22.6. The predicted molar refractivity (Wildman–Crippen MR) is 73.7 cm³/mol. The van der Waals surface area contributed by atoms with E-state index in [0.717, 1.165) is 38.2 Å². The Labute approximate surface area is 109 Å². The molecule has 0 amide bonds. The van der Waals surface area contributed by atoms with Crippen LogP contribution in [0.2, 0.25) is 0 Å². The number of aromatic nitrogens is 1. The molecule has 2 heterocycles. The van der Waals surface area contributed by atoms with Gasteiger partial charge in [0.1, 0.15) is 0 Å². The molecule has 1 aromatic heterocycles. The highest BCUT2D eigenvalue weighted by Gasteiger charge is 2.17. The van der Waals surface area contributed by atoms with E-state index in [4.69, 9.17) is 10.5 Å². The third-order valence-electron chi connectivity index (χ3n) is 3.41. The average Bonchev–Trinajstić information content (AvgIpc) is 2.64. The highest BCUT2D eigenvalue weighted by Crippen LogP contribution is 2.19. The molecule has 0 bridgehead atoms. The number of hydrogen-bond donors (Lipinski definition) is 1. The second-order valence-corrected chi connectivity index (χ2v) is 4.93. The smallest absolute Gasteiger partial charge is 0.0747 e. The van der Waals surface area contributed by atoms with Gasteiger partial charge in [0, 0.05) is 25.7 Å². The van der Waals surface area contributed by atoms with Crippen molar-refractivity contribution in [2.24, 2.45) is 5.73 Å². The van der Waals surface area contributed by atoms with Crippen LogP contribution in [0.3, 0.4) is 0 Å². The van der Waals surface area contributed by atoms with Crippen LogP contribution in [0.1, 0.15) is 38.4 Å². The van der Waals surface area contributed by atoms with Gasteiger partial charge in [0.05, 0.1) is 23.7 Å². The molecular weight excluding hydrogens is 226 g/mol. The van der Waals surface area contributed by atoms with Crippen LogP contribution in [0.4, 0.5) is 5.69 Å². The molecule has 18 heavy (non-hydrogen) atoms. The van der Waals surface area contributed by atoms with Gasteiger partial charge in [-0.3, -0.25) is 4.98 Å². The van der Waals surface area contributed by atoms with Crippen molar-refractivity contribution in [2.75, 3.05) is 24.6 Å². The lowest BCUT2D eigenvalue weighted by Crippen LogP contribution is -2.31. The predicted octanol–water partition coefficient (Wildman–Crippen LogP) is 2.11. The monoisotopic (exact) mass is 249 g/mol. The van der Waals surface area contributed by atoms with E-state index in [9.17, 15) is 0 Å². The molecule has 1 fully saturated rings. The number of nitrogens with zero attached hydrogens (tertiary/aromatic N) is 2. The molecule has 0 aliphatic carbocycles. The molecular formula is C14H23N3O. The van der Waals surface area contributed by atoms with Gasteiger partial charge in [0.15, 0.2) is 0 Å². The van der Waals surface area contributed by atoms with Crippen LogP contribution in [0.15, 0.2) is 18.3 Å². The molecule has 1 aromatic rings. The van der Waals surface area contributed by atoms with Crippen LogP contribution in [-0.2, 0) is 4.74 Å². The Kier molecular flexibility index (Phi) is 4.55. The Morgan fingerprint density at radius 2 is 2.39 bits per heavy atom. The van der Waals surface area contributed by atoms with Gasteiger partial charge in [-0.25, -0.2) is 0 Å². The molecule has 4 heteroatoms. The van der Waals surface area contributed by atoms with Crippen molar-refractivity contribution in [3.05, 3.63) is 24.0 Å². The summed E-state index contributed by atoms with van der Waals surface area (Å²) in [7, 11) is 0. The number of nitrogens with two attached hydrogens (primary N) is 1. The van der Waals surface area contributed by atoms with Gasteiger partial charge in [-0.2, -0.15) is 0 Å². The standard InChI is InChI=1S/C14H23N3O/c1-3-13-10-17(7-4-8-18-13)12-5-6-14(11(2)15)16-9-12/h5-6,9,11,13H,3-4,7-8,10,15H2,1-2H3/t11-,13?/m1/s1. The lowest BCUT2D eigenvalue weighted by molar-refractivity contribution is 0.0664. The number of pyridine rings is 1. The van der Waals surface area contributed by atoms with E-state index < -0.39 is 0 Å². The summed E-state index contributed by atoms with van der Waals surface area (Å²) in [6, 6.07) is 4.13. The molecule has 2 rings (SSSR count). The lowest BCUT2D eigenvalue weighted by atomic mass is 10.2. The Morgan fingerprint density at radius 1 is 1.56 bits per heavy atom. The van der Waals surface area contributed by atoms with Gasteiger partial charge in [-0.1, -0.05) is 6.92 Å². The zero-order valence-electron chi connectivity index (χ0n) is 11.3. The maximum atomic E-state index is 5.81. The van der Waals surface area contributed by atoms with Crippen molar-refractivity contribution in [1.29, 1.82) is 0 Å². The first-order valence-electron chi connectivity index (χ1n) is 6.78. The van der Waals surface area contributed by atoms with E-state index in [2.05, 4.69) is 22.9 Å². The highest BCUT2D eigenvalue weighted by atomic mass is 16.5. The first kappa shape index (κ1) is 13.3. The summed E-state index contributed by atoms with van der Waals surface area (Å²) in [5.74, 6) is 0. The van der Waals surface area contributed by atoms with Crippen LogP contribution in [-0.4, -0.2) is 30.8 Å². The van der Waals surface area contributed by atoms with E-state index >= 15 is 0 Å². The molecule has 2 atom stereocenters. The Bertz CT molecular complexity index is 364. The summed E-state index contributed by atoms with van der Waals surface area (Å²) in [4.78, 5) is 6.79. The summed E-state index contributed by atoms with van der Waals surface area (Å²) in [6.07, 6.45) is 4.39. The van der Waals surface area contributed by atoms with Crippen molar-refractivity contribution < 1.29 is 4.74 Å². The van der Waals surface area contributed by atoms with E-state index in [0.29, 0.717) is 6.10 Å². The third-order valence-corrected chi connectivity index (χ3v) is 3.41. The first-order chi connectivity index (χ1) is 8.70. The van der Waals surface area contributed by atoms with Crippen LogP contribution < -0.4 is 10.6 Å². The topological polar surface area (TPSA) is 51.4 Å². The number of ether oxygens (including phenoxy) is 1. The lowest BCUT2D eigenvalue weighted by Gasteiger charge is -2.25. The van der Waals surface area contributed by atoms with Gasteiger partial charge in [-0.15, -0.1) is 0 Å². The minimum atomic E-state index is -0.00472. The van der Waals surface area contributed by atoms with Crippen molar-refractivity contribution in [3.8, 4) is 0 Å². The van der Waals surface area contributed by atoms with Crippen LogP contribution in [0.25, 0.3) is 0 Å². The van der Waals surface area contributed by atoms with E-state index in [1.54, 1.807) is 0 Å². The van der Waals surface area contributed by atoms with E-state index in [1.807, 2.05) is 19.2 Å². The maximum absolute atomic E-state index is 5.81. The molecule has 0 saturated carbocycles. The zero-order chi connectivity index (χ0) is 13.0. The molecule has 1 aliphatic heterocycles. The summed E-state index contributed by atoms with van der Waals surface area (Å²) >= 11 is 0. The van der Waals surface area contributed by atoms with Gasteiger partial charge in [0.25, 0.3) is 0 Å². The Balaban J connectivity index is 2.09. The largest absolute Gasteiger partial charge is 0.376 e. The first-order valence-corrected chi connectivity index (χ1v) is 6.78. The van der Waals surface area contributed by atoms with Crippen LogP contribution >= 0.6 is 0 Å². The second kappa shape index (κ2) is 6.16. The molecule has 4 nitrogen and oxygen atoms in total. The molecule has 0 radical (unpaired) electrons. The minimum absolute atomic E-state index is 0.00472. The van der Waals surface area contributed by atoms with Crippen molar-refractivity contribution in [3.63, 3.8) is 0 Å². The molecule has 1 aliphatic rings. The van der Waals surface area contributed by atoms with Crippen molar-refractivity contribution in [2.45, 2.75) is 38.8 Å². The molecule has 2 N–H and O–H groups in total. The molecule has 0 aromatic carbocycles. The van der Waals surface area contributed by atoms with Crippen LogP contribution in [0.5, 0.6) is 0 Å². The molecule has 100 valence electrons. The maximum Gasteiger partial charge on any atom is 0.0747 e. The second-order valence-electron chi connectivity index (χ2n) is 4.93. The zero-order valence-corrected chi connectivity index (χ0v) is 11.3. The Hall–Kier alpha value is -1.13. The number of rotatable bonds is 3. The van der Waals surface area contributed by atoms with Gasteiger partial charge < -0.3 is 15.4 Å².